The van der Waals surface area contributed by atoms with E-state index in [4.69, 9.17) is 10.8 Å². The Morgan fingerprint density at radius 2 is 2.00 bits per heavy atom. The van der Waals surface area contributed by atoms with Gasteiger partial charge < -0.3 is 16.2 Å². The molecule has 3 nitrogen and oxygen atoms in total. The number of hydrogen-bond donors (Lipinski definition) is 3. The molecule has 0 saturated carbocycles. The van der Waals surface area contributed by atoms with Crippen LogP contribution in [0.4, 0.5) is 0 Å². The zero-order chi connectivity index (χ0) is 10.8. The van der Waals surface area contributed by atoms with Crippen molar-refractivity contribution in [3.05, 3.63) is 0 Å². The molecule has 0 radical (unpaired) electrons. The van der Waals surface area contributed by atoms with Gasteiger partial charge in [0.2, 0.25) is 0 Å². The monoisotopic (exact) mass is 202 g/mol. The van der Waals surface area contributed by atoms with Crippen LogP contribution in [0.3, 0.4) is 0 Å². The first-order valence-corrected chi connectivity index (χ1v) is 5.81. The molecule has 0 aromatic heterocycles. The van der Waals surface area contributed by atoms with E-state index in [1.807, 2.05) is 0 Å². The molecule has 0 saturated heterocycles. The van der Waals surface area contributed by atoms with Gasteiger partial charge in [0, 0.05) is 25.2 Å². The first-order valence-electron chi connectivity index (χ1n) is 5.81. The second kappa shape index (κ2) is 9.44. The van der Waals surface area contributed by atoms with Gasteiger partial charge in [-0.25, -0.2) is 0 Å². The highest BCUT2D eigenvalue weighted by Crippen LogP contribution is 2.04. The smallest absolute Gasteiger partial charge is 0.0446 e. The van der Waals surface area contributed by atoms with Crippen molar-refractivity contribution in [2.24, 2.45) is 5.73 Å². The second-order valence-electron chi connectivity index (χ2n) is 4.01. The van der Waals surface area contributed by atoms with E-state index in [1.54, 1.807) is 0 Å². The van der Waals surface area contributed by atoms with Gasteiger partial charge in [0.1, 0.15) is 0 Å². The van der Waals surface area contributed by atoms with Gasteiger partial charge in [-0.15, -0.1) is 0 Å². The number of unbranched alkanes of at least 4 members (excludes halogenated alkanes) is 2. The summed E-state index contributed by atoms with van der Waals surface area (Å²) in [5.74, 6) is 0. The van der Waals surface area contributed by atoms with Gasteiger partial charge in [0.25, 0.3) is 0 Å². The minimum Gasteiger partial charge on any atom is -0.396 e. The second-order valence-corrected chi connectivity index (χ2v) is 4.01. The van der Waals surface area contributed by atoms with Gasteiger partial charge in [-0.2, -0.15) is 0 Å². The van der Waals surface area contributed by atoms with Crippen molar-refractivity contribution >= 4 is 0 Å². The largest absolute Gasteiger partial charge is 0.396 e. The van der Waals surface area contributed by atoms with Gasteiger partial charge in [0.05, 0.1) is 0 Å². The van der Waals surface area contributed by atoms with Gasteiger partial charge >= 0.3 is 0 Å². The number of nitrogens with two attached hydrogens (primary N) is 1. The Labute approximate surface area is 88.1 Å². The summed E-state index contributed by atoms with van der Waals surface area (Å²) in [5.41, 5.74) is 5.59. The van der Waals surface area contributed by atoms with Gasteiger partial charge in [-0.05, 0) is 19.8 Å². The Kier molecular flexibility index (Phi) is 9.35. The van der Waals surface area contributed by atoms with E-state index in [-0.39, 0.29) is 12.6 Å². The van der Waals surface area contributed by atoms with E-state index in [0.29, 0.717) is 12.6 Å². The van der Waals surface area contributed by atoms with Crippen LogP contribution in [-0.2, 0) is 0 Å². The predicted molar refractivity (Wildman–Crippen MR) is 61.3 cm³/mol. The molecule has 0 bridgehead atoms. The van der Waals surface area contributed by atoms with Crippen LogP contribution in [0.25, 0.3) is 0 Å². The molecule has 0 heterocycles. The lowest BCUT2D eigenvalue weighted by Crippen LogP contribution is -2.42. The number of nitrogens with one attached hydrogen (secondary N) is 1. The van der Waals surface area contributed by atoms with Gasteiger partial charge in [-0.3, -0.25) is 0 Å². The van der Waals surface area contributed by atoms with E-state index >= 15 is 0 Å². The maximum atomic E-state index is 8.80. The summed E-state index contributed by atoms with van der Waals surface area (Å²) in [6.45, 7) is 5.23. The normalized spacial score (nSPS) is 15.4. The molecule has 0 aliphatic rings. The van der Waals surface area contributed by atoms with Crippen molar-refractivity contribution in [1.82, 2.24) is 5.32 Å². The van der Waals surface area contributed by atoms with E-state index in [9.17, 15) is 0 Å². The van der Waals surface area contributed by atoms with Crippen LogP contribution in [0.1, 0.15) is 46.0 Å². The number of aliphatic hydroxyl groups excluding tert-OH is 1. The molecule has 0 aromatic rings. The zero-order valence-electron chi connectivity index (χ0n) is 9.63. The van der Waals surface area contributed by atoms with Crippen molar-refractivity contribution < 1.29 is 5.11 Å². The first-order chi connectivity index (χ1) is 6.74. The summed E-state index contributed by atoms with van der Waals surface area (Å²) in [7, 11) is 0. The van der Waals surface area contributed by atoms with Crippen molar-refractivity contribution in [1.29, 1.82) is 0 Å². The fourth-order valence-corrected chi connectivity index (χ4v) is 1.61. The molecular weight excluding hydrogens is 176 g/mol. The molecule has 0 aromatic carbocycles. The molecule has 4 N–H and O–H groups in total. The quantitative estimate of drug-likeness (QED) is 0.493. The van der Waals surface area contributed by atoms with Crippen molar-refractivity contribution in [3.63, 3.8) is 0 Å². The van der Waals surface area contributed by atoms with E-state index in [1.165, 1.54) is 25.7 Å². The lowest BCUT2D eigenvalue weighted by Gasteiger charge is -2.21. The molecule has 2 atom stereocenters. The average molecular weight is 202 g/mol. The van der Waals surface area contributed by atoms with E-state index < -0.39 is 0 Å². The summed E-state index contributed by atoms with van der Waals surface area (Å²) < 4.78 is 0. The highest BCUT2D eigenvalue weighted by molar-refractivity contribution is 4.71. The highest BCUT2D eigenvalue weighted by atomic mass is 16.3. The minimum atomic E-state index is 0.219. The number of rotatable bonds is 9. The highest BCUT2D eigenvalue weighted by Gasteiger charge is 2.09. The Bertz CT molecular complexity index is 120. The predicted octanol–water partition coefficient (Wildman–Crippen LogP) is 1.25. The molecule has 3 heteroatoms. The Hall–Kier alpha value is -0.120. The van der Waals surface area contributed by atoms with Crippen LogP contribution < -0.4 is 11.1 Å². The third kappa shape index (κ3) is 7.30. The van der Waals surface area contributed by atoms with Crippen LogP contribution in [0, 0.1) is 0 Å². The Morgan fingerprint density at radius 3 is 2.50 bits per heavy atom. The first kappa shape index (κ1) is 13.9. The average Bonchev–Trinajstić information content (AvgIpc) is 2.17. The van der Waals surface area contributed by atoms with Crippen molar-refractivity contribution in [2.45, 2.75) is 58.0 Å². The van der Waals surface area contributed by atoms with Crippen LogP contribution >= 0.6 is 0 Å². The molecule has 0 amide bonds. The zero-order valence-corrected chi connectivity index (χ0v) is 9.63. The van der Waals surface area contributed by atoms with Crippen molar-refractivity contribution in [3.8, 4) is 0 Å². The van der Waals surface area contributed by atoms with Crippen LogP contribution in [0.5, 0.6) is 0 Å². The third-order valence-electron chi connectivity index (χ3n) is 2.52. The molecule has 0 fully saturated rings. The summed E-state index contributed by atoms with van der Waals surface area (Å²) in [4.78, 5) is 0. The maximum absolute atomic E-state index is 8.80. The van der Waals surface area contributed by atoms with E-state index in [2.05, 4.69) is 19.2 Å². The molecule has 0 aliphatic heterocycles. The molecule has 86 valence electrons. The molecule has 0 aliphatic carbocycles. The summed E-state index contributed by atoms with van der Waals surface area (Å²) in [5, 5.41) is 12.2. The number of aliphatic hydroxyl groups is 1. The summed E-state index contributed by atoms with van der Waals surface area (Å²) in [6, 6.07) is 0.790. The van der Waals surface area contributed by atoms with Crippen LogP contribution in [0.2, 0.25) is 0 Å². The Morgan fingerprint density at radius 1 is 1.29 bits per heavy atom. The molecule has 1 unspecified atom stereocenters. The summed E-state index contributed by atoms with van der Waals surface area (Å²) >= 11 is 0. The van der Waals surface area contributed by atoms with Gasteiger partial charge in [0.15, 0.2) is 0 Å². The van der Waals surface area contributed by atoms with Crippen molar-refractivity contribution in [2.75, 3.05) is 13.2 Å². The molecule has 0 rings (SSSR count). The minimum absolute atomic E-state index is 0.219. The summed E-state index contributed by atoms with van der Waals surface area (Å²) in [6.07, 6.45) is 5.81. The van der Waals surface area contributed by atoms with E-state index in [0.717, 1.165) is 6.42 Å². The van der Waals surface area contributed by atoms with Crippen LogP contribution in [0.15, 0.2) is 0 Å². The standard InChI is InChI=1S/C11H26N2O/c1-3-4-5-6-10(2)13-11(9-12)7-8-14/h10-11,13-14H,3-9,12H2,1-2H3/t10?,11-/m1/s1. The Balaban J connectivity index is 3.51. The third-order valence-corrected chi connectivity index (χ3v) is 2.52. The molecular formula is C11H26N2O. The lowest BCUT2D eigenvalue weighted by molar-refractivity contribution is 0.259. The molecule has 14 heavy (non-hydrogen) atoms. The van der Waals surface area contributed by atoms with Gasteiger partial charge in [-0.1, -0.05) is 26.2 Å². The molecule has 0 spiro atoms. The fraction of sp³-hybridized carbons (Fsp3) is 1.00. The topological polar surface area (TPSA) is 58.3 Å². The SMILES string of the molecule is CCCCCC(C)N[C@@H](CN)CCO. The van der Waals surface area contributed by atoms with Crippen LogP contribution in [-0.4, -0.2) is 30.3 Å². The lowest BCUT2D eigenvalue weighted by atomic mass is 10.1. The maximum Gasteiger partial charge on any atom is 0.0446 e. The number of hydrogen-bond acceptors (Lipinski definition) is 3. The fourth-order valence-electron chi connectivity index (χ4n) is 1.61.